The quantitative estimate of drug-likeness (QED) is 0.850. The standard InChI is InChI=1S/C12H15Br2NO/c1-7-5-8(13)12(9(14)6-7)15-10-3-2-4-11(10)16/h5-6,10-11,15-16H,2-4H2,1H3/t10-,11-/m0/s1. The van der Waals surface area contributed by atoms with Crippen molar-refractivity contribution in [3.05, 3.63) is 26.6 Å². The van der Waals surface area contributed by atoms with Crippen molar-refractivity contribution < 1.29 is 5.11 Å². The molecule has 1 aliphatic carbocycles. The van der Waals surface area contributed by atoms with Crippen LogP contribution in [0.25, 0.3) is 0 Å². The highest BCUT2D eigenvalue weighted by Gasteiger charge is 2.25. The van der Waals surface area contributed by atoms with Gasteiger partial charge in [0.2, 0.25) is 0 Å². The van der Waals surface area contributed by atoms with Gasteiger partial charge >= 0.3 is 0 Å². The van der Waals surface area contributed by atoms with Crippen molar-refractivity contribution in [3.63, 3.8) is 0 Å². The molecule has 0 unspecified atom stereocenters. The number of nitrogens with one attached hydrogen (secondary N) is 1. The number of halogens is 2. The zero-order valence-corrected chi connectivity index (χ0v) is 12.3. The minimum atomic E-state index is -0.222. The maximum atomic E-state index is 9.79. The Balaban J connectivity index is 2.21. The zero-order valence-electron chi connectivity index (χ0n) is 9.13. The Morgan fingerprint density at radius 2 is 1.88 bits per heavy atom. The molecule has 88 valence electrons. The first-order chi connectivity index (χ1) is 7.58. The van der Waals surface area contributed by atoms with E-state index < -0.39 is 0 Å². The summed E-state index contributed by atoms with van der Waals surface area (Å²) in [5.74, 6) is 0. The topological polar surface area (TPSA) is 32.3 Å². The molecule has 2 rings (SSSR count). The van der Waals surface area contributed by atoms with Crippen LogP contribution in [0.2, 0.25) is 0 Å². The average molecular weight is 349 g/mol. The van der Waals surface area contributed by atoms with E-state index in [2.05, 4.69) is 56.2 Å². The number of aliphatic hydroxyl groups is 1. The predicted molar refractivity (Wildman–Crippen MR) is 73.8 cm³/mol. The van der Waals surface area contributed by atoms with Gasteiger partial charge in [-0.2, -0.15) is 0 Å². The molecule has 4 heteroatoms. The predicted octanol–water partition coefficient (Wildman–Crippen LogP) is 3.85. The normalized spacial score (nSPS) is 24.8. The molecule has 0 bridgehead atoms. The van der Waals surface area contributed by atoms with Crippen molar-refractivity contribution in [1.82, 2.24) is 0 Å². The Bertz CT molecular complexity index is 372. The smallest absolute Gasteiger partial charge is 0.0741 e. The van der Waals surface area contributed by atoms with E-state index in [1.54, 1.807) is 0 Å². The molecule has 0 radical (unpaired) electrons. The number of rotatable bonds is 2. The molecule has 0 saturated heterocycles. The van der Waals surface area contributed by atoms with Gasteiger partial charge in [-0.25, -0.2) is 0 Å². The maximum Gasteiger partial charge on any atom is 0.0741 e. The van der Waals surface area contributed by atoms with Crippen LogP contribution in [0.1, 0.15) is 24.8 Å². The summed E-state index contributed by atoms with van der Waals surface area (Å²) < 4.78 is 2.08. The summed E-state index contributed by atoms with van der Waals surface area (Å²) in [5.41, 5.74) is 2.24. The lowest BCUT2D eigenvalue weighted by Crippen LogP contribution is -2.28. The Morgan fingerprint density at radius 3 is 2.38 bits per heavy atom. The van der Waals surface area contributed by atoms with E-state index in [9.17, 15) is 5.11 Å². The molecule has 1 aromatic rings. The lowest BCUT2D eigenvalue weighted by Gasteiger charge is -2.20. The summed E-state index contributed by atoms with van der Waals surface area (Å²) in [6.45, 7) is 2.06. The fourth-order valence-electron chi connectivity index (χ4n) is 2.13. The Morgan fingerprint density at radius 1 is 1.25 bits per heavy atom. The Labute approximate surface area is 113 Å². The highest BCUT2D eigenvalue weighted by Crippen LogP contribution is 2.34. The van der Waals surface area contributed by atoms with Crippen LogP contribution in [-0.4, -0.2) is 17.3 Å². The second-order valence-corrected chi connectivity index (χ2v) is 6.06. The molecule has 16 heavy (non-hydrogen) atoms. The third kappa shape index (κ3) is 2.60. The summed E-state index contributed by atoms with van der Waals surface area (Å²) >= 11 is 7.10. The summed E-state index contributed by atoms with van der Waals surface area (Å²) in [4.78, 5) is 0. The molecule has 0 amide bonds. The summed E-state index contributed by atoms with van der Waals surface area (Å²) in [7, 11) is 0. The molecule has 1 fully saturated rings. The Kier molecular flexibility index (Phi) is 3.93. The summed E-state index contributed by atoms with van der Waals surface area (Å²) in [6, 6.07) is 4.33. The summed E-state index contributed by atoms with van der Waals surface area (Å²) in [6.07, 6.45) is 2.81. The van der Waals surface area contributed by atoms with E-state index in [-0.39, 0.29) is 12.1 Å². The molecule has 2 N–H and O–H groups in total. The fraction of sp³-hybridized carbons (Fsp3) is 0.500. The van der Waals surface area contributed by atoms with E-state index in [1.165, 1.54) is 5.56 Å². The summed E-state index contributed by atoms with van der Waals surface area (Å²) in [5, 5.41) is 13.2. The van der Waals surface area contributed by atoms with Gasteiger partial charge in [0, 0.05) is 8.95 Å². The molecule has 2 atom stereocenters. The minimum absolute atomic E-state index is 0.176. The first-order valence-corrected chi connectivity index (χ1v) is 7.07. The Hall–Kier alpha value is -0.0600. The number of anilines is 1. The van der Waals surface area contributed by atoms with Gasteiger partial charge in [-0.1, -0.05) is 0 Å². The number of aryl methyl sites for hydroxylation is 1. The average Bonchev–Trinajstić information content (AvgIpc) is 2.57. The highest BCUT2D eigenvalue weighted by molar-refractivity contribution is 9.11. The van der Waals surface area contributed by atoms with Gasteiger partial charge in [0.1, 0.15) is 0 Å². The molecule has 0 aromatic heterocycles. The lowest BCUT2D eigenvalue weighted by molar-refractivity contribution is 0.172. The molecule has 1 aromatic carbocycles. The van der Waals surface area contributed by atoms with Gasteiger partial charge in [-0.3, -0.25) is 0 Å². The van der Waals surface area contributed by atoms with Crippen molar-refractivity contribution in [3.8, 4) is 0 Å². The largest absolute Gasteiger partial charge is 0.391 e. The SMILES string of the molecule is Cc1cc(Br)c(N[C@H]2CCC[C@@H]2O)c(Br)c1. The van der Waals surface area contributed by atoms with Crippen LogP contribution in [0.3, 0.4) is 0 Å². The van der Waals surface area contributed by atoms with Gasteiger partial charge in [-0.05, 0) is 75.7 Å². The number of hydrogen-bond donors (Lipinski definition) is 2. The number of hydrogen-bond acceptors (Lipinski definition) is 2. The van der Waals surface area contributed by atoms with E-state index in [0.29, 0.717) is 0 Å². The molecule has 2 nitrogen and oxygen atoms in total. The molecule has 0 aliphatic heterocycles. The second-order valence-electron chi connectivity index (χ2n) is 4.35. The van der Waals surface area contributed by atoms with E-state index in [4.69, 9.17) is 0 Å². The van der Waals surface area contributed by atoms with Gasteiger partial charge in [0.25, 0.3) is 0 Å². The van der Waals surface area contributed by atoms with Crippen LogP contribution in [0, 0.1) is 6.92 Å². The molecule has 1 saturated carbocycles. The van der Waals surface area contributed by atoms with E-state index in [1.807, 2.05) is 0 Å². The van der Waals surface area contributed by atoms with Crippen LogP contribution in [-0.2, 0) is 0 Å². The molecule has 0 spiro atoms. The number of aliphatic hydroxyl groups excluding tert-OH is 1. The lowest BCUT2D eigenvalue weighted by atomic mass is 10.2. The van der Waals surface area contributed by atoms with Crippen molar-refractivity contribution in [2.24, 2.45) is 0 Å². The van der Waals surface area contributed by atoms with Gasteiger partial charge in [0.05, 0.1) is 17.8 Å². The van der Waals surface area contributed by atoms with Crippen molar-refractivity contribution in [2.75, 3.05) is 5.32 Å². The molecule has 1 aliphatic rings. The molecular formula is C12H15Br2NO. The van der Waals surface area contributed by atoms with Crippen LogP contribution >= 0.6 is 31.9 Å². The van der Waals surface area contributed by atoms with Crippen molar-refractivity contribution >= 4 is 37.5 Å². The van der Waals surface area contributed by atoms with Crippen molar-refractivity contribution in [1.29, 1.82) is 0 Å². The second kappa shape index (κ2) is 5.07. The highest BCUT2D eigenvalue weighted by atomic mass is 79.9. The molecule has 0 heterocycles. The third-order valence-corrected chi connectivity index (χ3v) is 4.25. The minimum Gasteiger partial charge on any atom is -0.391 e. The van der Waals surface area contributed by atoms with E-state index in [0.717, 1.165) is 33.9 Å². The van der Waals surface area contributed by atoms with Crippen molar-refractivity contribution in [2.45, 2.75) is 38.3 Å². The van der Waals surface area contributed by atoms with E-state index >= 15 is 0 Å². The maximum absolute atomic E-state index is 9.79. The first-order valence-electron chi connectivity index (χ1n) is 5.48. The fourth-order valence-corrected chi connectivity index (χ4v) is 3.78. The van der Waals surface area contributed by atoms with Crippen LogP contribution in [0.4, 0.5) is 5.69 Å². The number of benzene rings is 1. The molecular weight excluding hydrogens is 334 g/mol. The van der Waals surface area contributed by atoms with Crippen LogP contribution < -0.4 is 5.32 Å². The van der Waals surface area contributed by atoms with Crippen LogP contribution in [0.5, 0.6) is 0 Å². The monoisotopic (exact) mass is 347 g/mol. The first kappa shape index (κ1) is 12.4. The van der Waals surface area contributed by atoms with Gasteiger partial charge in [-0.15, -0.1) is 0 Å². The zero-order chi connectivity index (χ0) is 11.7. The van der Waals surface area contributed by atoms with Gasteiger partial charge < -0.3 is 10.4 Å². The third-order valence-electron chi connectivity index (χ3n) is 3.00. The van der Waals surface area contributed by atoms with Gasteiger partial charge in [0.15, 0.2) is 0 Å². The van der Waals surface area contributed by atoms with Crippen LogP contribution in [0.15, 0.2) is 21.1 Å².